The quantitative estimate of drug-likeness (QED) is 0.347. The topological polar surface area (TPSA) is 47.8 Å². The third kappa shape index (κ3) is 3.91. The van der Waals surface area contributed by atoms with Crippen LogP contribution in [0.25, 0.3) is 11.4 Å². The molecule has 0 unspecified atom stereocenters. The van der Waals surface area contributed by atoms with Crippen LogP contribution < -0.4 is 0 Å². The number of aromatic nitrogens is 3. The van der Waals surface area contributed by atoms with Crippen molar-refractivity contribution in [3.05, 3.63) is 78.6 Å². The molecule has 0 amide bonds. The minimum atomic E-state index is -0.378. The summed E-state index contributed by atoms with van der Waals surface area (Å²) >= 11 is 1.33. The van der Waals surface area contributed by atoms with E-state index in [1.807, 2.05) is 41.8 Å². The maximum atomic E-state index is 13.1. The van der Waals surface area contributed by atoms with Crippen LogP contribution in [0.3, 0.4) is 0 Å². The zero-order valence-electron chi connectivity index (χ0n) is 14.3. The predicted octanol–water partition coefficient (Wildman–Crippen LogP) is 4.63. The second-order valence-corrected chi connectivity index (χ2v) is 7.01. The zero-order valence-corrected chi connectivity index (χ0v) is 15.1. The van der Waals surface area contributed by atoms with Gasteiger partial charge in [-0.05, 0) is 31.2 Å². The number of allylic oxidation sites excluding steroid dienone is 1. The van der Waals surface area contributed by atoms with Crippen molar-refractivity contribution in [1.29, 1.82) is 0 Å². The summed E-state index contributed by atoms with van der Waals surface area (Å²) in [4.78, 5) is 12.6. The van der Waals surface area contributed by atoms with E-state index >= 15 is 0 Å². The van der Waals surface area contributed by atoms with Crippen molar-refractivity contribution in [2.24, 2.45) is 0 Å². The van der Waals surface area contributed by atoms with Gasteiger partial charge in [0.15, 0.2) is 16.8 Å². The number of rotatable bonds is 7. The molecule has 0 aliphatic rings. The monoisotopic (exact) mass is 367 g/mol. The van der Waals surface area contributed by atoms with E-state index in [-0.39, 0.29) is 16.9 Å². The smallest absolute Gasteiger partial charge is 0.192 e. The number of Topliss-reactive ketones (excluding diaryl/α,β-unsaturated/α-hetero) is 1. The van der Waals surface area contributed by atoms with Gasteiger partial charge in [0.2, 0.25) is 0 Å². The fraction of sp³-hybridized carbons (Fsp3) is 0.150. The molecule has 0 N–H and O–H groups in total. The van der Waals surface area contributed by atoms with Gasteiger partial charge in [0.05, 0.1) is 5.25 Å². The van der Waals surface area contributed by atoms with Crippen LogP contribution in [0.1, 0.15) is 17.3 Å². The van der Waals surface area contributed by atoms with Crippen molar-refractivity contribution < 1.29 is 9.18 Å². The minimum Gasteiger partial charge on any atom is -0.298 e. The Kier molecular flexibility index (Phi) is 5.63. The zero-order chi connectivity index (χ0) is 18.5. The second-order valence-electron chi connectivity index (χ2n) is 5.70. The fourth-order valence-electron chi connectivity index (χ4n) is 2.53. The number of carbonyl (C=O) groups excluding carboxylic acids is 1. The van der Waals surface area contributed by atoms with E-state index < -0.39 is 0 Å². The Hall–Kier alpha value is -2.73. The summed E-state index contributed by atoms with van der Waals surface area (Å²) in [5.74, 6) is 0.291. The Bertz CT molecular complexity index is 907. The van der Waals surface area contributed by atoms with E-state index in [0.717, 1.165) is 11.4 Å². The fourth-order valence-corrected chi connectivity index (χ4v) is 3.47. The van der Waals surface area contributed by atoms with Crippen molar-refractivity contribution in [2.45, 2.75) is 23.9 Å². The number of hydrogen-bond acceptors (Lipinski definition) is 4. The second kappa shape index (κ2) is 8.10. The lowest BCUT2D eigenvalue weighted by atomic mass is 10.1. The van der Waals surface area contributed by atoms with Gasteiger partial charge in [-0.1, -0.05) is 48.2 Å². The summed E-state index contributed by atoms with van der Waals surface area (Å²) in [6.07, 6.45) is 1.77. The highest BCUT2D eigenvalue weighted by Gasteiger charge is 2.21. The summed E-state index contributed by atoms with van der Waals surface area (Å²) < 4.78 is 15.0. The molecule has 0 fully saturated rings. The van der Waals surface area contributed by atoms with Gasteiger partial charge in [-0.2, -0.15) is 0 Å². The van der Waals surface area contributed by atoms with E-state index in [9.17, 15) is 9.18 Å². The van der Waals surface area contributed by atoms with Gasteiger partial charge in [-0.15, -0.1) is 16.8 Å². The largest absolute Gasteiger partial charge is 0.298 e. The molecule has 0 aliphatic carbocycles. The average molecular weight is 367 g/mol. The molecule has 3 aromatic rings. The van der Waals surface area contributed by atoms with Crippen molar-refractivity contribution in [3.63, 3.8) is 0 Å². The van der Waals surface area contributed by atoms with Crippen LogP contribution in [-0.4, -0.2) is 25.8 Å². The average Bonchev–Trinajstić information content (AvgIpc) is 3.05. The third-order valence-corrected chi connectivity index (χ3v) is 4.92. The molecule has 0 spiro atoms. The lowest BCUT2D eigenvalue weighted by Gasteiger charge is -2.12. The predicted molar refractivity (Wildman–Crippen MR) is 102 cm³/mol. The number of nitrogens with zero attached hydrogens (tertiary/aromatic N) is 3. The molecule has 6 heteroatoms. The molecule has 3 rings (SSSR count). The lowest BCUT2D eigenvalue weighted by Crippen LogP contribution is -2.15. The summed E-state index contributed by atoms with van der Waals surface area (Å²) in [6.45, 7) is 6.14. The van der Waals surface area contributed by atoms with Gasteiger partial charge in [0.1, 0.15) is 5.82 Å². The first-order valence-corrected chi connectivity index (χ1v) is 9.04. The molecule has 26 heavy (non-hydrogen) atoms. The van der Waals surface area contributed by atoms with Gasteiger partial charge in [-0.3, -0.25) is 9.36 Å². The molecular formula is C20H18FN3OS. The lowest BCUT2D eigenvalue weighted by molar-refractivity contribution is 0.0994. The molecule has 4 nitrogen and oxygen atoms in total. The minimum absolute atomic E-state index is 0.0792. The molecule has 0 bridgehead atoms. The van der Waals surface area contributed by atoms with Gasteiger partial charge >= 0.3 is 0 Å². The molecule has 2 aromatic carbocycles. The molecule has 1 aromatic heterocycles. The van der Waals surface area contributed by atoms with Crippen molar-refractivity contribution in [2.75, 3.05) is 0 Å². The summed E-state index contributed by atoms with van der Waals surface area (Å²) in [7, 11) is 0. The Balaban J connectivity index is 1.85. The normalized spacial score (nSPS) is 11.9. The van der Waals surface area contributed by atoms with Gasteiger partial charge < -0.3 is 0 Å². The summed E-state index contributed by atoms with van der Waals surface area (Å²) in [5, 5.41) is 8.81. The molecule has 0 radical (unpaired) electrons. The van der Waals surface area contributed by atoms with Crippen molar-refractivity contribution in [3.8, 4) is 11.4 Å². The molecule has 132 valence electrons. The first kappa shape index (κ1) is 18.1. The van der Waals surface area contributed by atoms with E-state index in [2.05, 4.69) is 16.8 Å². The molecular weight excluding hydrogens is 349 g/mol. The maximum absolute atomic E-state index is 13.1. The van der Waals surface area contributed by atoms with Crippen molar-refractivity contribution in [1.82, 2.24) is 14.8 Å². The van der Waals surface area contributed by atoms with Crippen LogP contribution in [0.2, 0.25) is 0 Å². The molecule has 1 heterocycles. The maximum Gasteiger partial charge on any atom is 0.192 e. The van der Waals surface area contributed by atoms with E-state index in [4.69, 9.17) is 0 Å². The van der Waals surface area contributed by atoms with Gasteiger partial charge in [0, 0.05) is 17.7 Å². The highest BCUT2D eigenvalue weighted by Crippen LogP contribution is 2.28. The SMILES string of the molecule is C=CCn1c(S[C@@H](C)C(=O)c2ccc(F)cc2)nnc1-c1ccccc1. The third-order valence-electron chi connectivity index (χ3n) is 3.84. The number of thioether (sulfide) groups is 1. The Morgan fingerprint density at radius 2 is 1.88 bits per heavy atom. The van der Waals surface area contributed by atoms with Crippen LogP contribution >= 0.6 is 11.8 Å². The van der Waals surface area contributed by atoms with Gasteiger partial charge in [0.25, 0.3) is 0 Å². The Morgan fingerprint density at radius 1 is 1.19 bits per heavy atom. The van der Waals surface area contributed by atoms with Crippen molar-refractivity contribution >= 4 is 17.5 Å². The molecule has 0 saturated carbocycles. The van der Waals surface area contributed by atoms with Crippen LogP contribution in [-0.2, 0) is 6.54 Å². The highest BCUT2D eigenvalue weighted by atomic mass is 32.2. The molecule has 0 aliphatic heterocycles. The number of ketones is 1. The first-order valence-electron chi connectivity index (χ1n) is 8.16. The molecule has 1 atom stereocenters. The standard InChI is InChI=1S/C20H18FN3OS/c1-3-13-24-19(16-7-5-4-6-8-16)22-23-20(24)26-14(2)18(25)15-9-11-17(21)12-10-15/h3-12,14H,1,13H2,2H3/t14-/m0/s1. The van der Waals surface area contributed by atoms with Crippen LogP contribution in [0.4, 0.5) is 4.39 Å². The van der Waals surface area contributed by atoms with E-state index in [0.29, 0.717) is 17.3 Å². The molecule has 0 saturated heterocycles. The van der Waals surface area contributed by atoms with Crippen LogP contribution in [0.5, 0.6) is 0 Å². The summed E-state index contributed by atoms with van der Waals surface area (Å²) in [6, 6.07) is 15.3. The number of carbonyl (C=O) groups is 1. The first-order chi connectivity index (χ1) is 12.6. The van der Waals surface area contributed by atoms with E-state index in [1.165, 1.54) is 36.0 Å². The number of hydrogen-bond donors (Lipinski definition) is 0. The van der Waals surface area contributed by atoms with Crippen LogP contribution in [0, 0.1) is 5.82 Å². The Morgan fingerprint density at radius 3 is 2.54 bits per heavy atom. The number of halogens is 1. The van der Waals surface area contributed by atoms with E-state index in [1.54, 1.807) is 6.08 Å². The Labute approximate surface area is 155 Å². The van der Waals surface area contributed by atoms with Crippen LogP contribution in [0.15, 0.2) is 72.4 Å². The summed E-state index contributed by atoms with van der Waals surface area (Å²) in [5.41, 5.74) is 1.43. The highest BCUT2D eigenvalue weighted by molar-refractivity contribution is 8.00. The van der Waals surface area contributed by atoms with Gasteiger partial charge in [-0.25, -0.2) is 4.39 Å². The number of benzene rings is 2.